The molecule has 1 heterocycles. The van der Waals surface area contributed by atoms with Crippen molar-refractivity contribution in [3.63, 3.8) is 0 Å². The molecule has 0 fully saturated rings. The van der Waals surface area contributed by atoms with Crippen LogP contribution in [0.3, 0.4) is 0 Å². The predicted molar refractivity (Wildman–Crippen MR) is 28.6 cm³/mol. The van der Waals surface area contributed by atoms with Crippen molar-refractivity contribution in [1.82, 2.24) is 4.73 Å². The SMILES string of the molecule is COn1cccc1O. The third-order valence-electron chi connectivity index (χ3n) is 0.889. The molecule has 0 aliphatic carbocycles. The number of hydrogen-bond donors (Lipinski definition) is 1. The van der Waals surface area contributed by atoms with Crippen LogP contribution in [-0.2, 0) is 0 Å². The van der Waals surface area contributed by atoms with Crippen LogP contribution in [0.5, 0.6) is 5.88 Å². The fraction of sp³-hybridized carbons (Fsp3) is 0.200. The zero-order chi connectivity index (χ0) is 5.98. The van der Waals surface area contributed by atoms with Gasteiger partial charge in [-0.3, -0.25) is 0 Å². The third kappa shape index (κ3) is 0.621. The Labute approximate surface area is 47.1 Å². The zero-order valence-electron chi connectivity index (χ0n) is 4.53. The van der Waals surface area contributed by atoms with Gasteiger partial charge in [-0.2, -0.15) is 4.73 Å². The van der Waals surface area contributed by atoms with Crippen LogP contribution in [0.15, 0.2) is 18.3 Å². The van der Waals surface area contributed by atoms with E-state index >= 15 is 0 Å². The van der Waals surface area contributed by atoms with Crippen molar-refractivity contribution in [3.8, 4) is 5.88 Å². The summed E-state index contributed by atoms with van der Waals surface area (Å²) in [6.07, 6.45) is 1.62. The van der Waals surface area contributed by atoms with Gasteiger partial charge in [-0.05, 0) is 6.07 Å². The van der Waals surface area contributed by atoms with Gasteiger partial charge in [-0.15, -0.1) is 0 Å². The molecular weight excluding hydrogens is 106 g/mol. The lowest BCUT2D eigenvalue weighted by Gasteiger charge is -1.98. The Morgan fingerprint density at radius 2 is 2.50 bits per heavy atom. The van der Waals surface area contributed by atoms with Crippen molar-refractivity contribution >= 4 is 0 Å². The topological polar surface area (TPSA) is 34.4 Å². The summed E-state index contributed by atoms with van der Waals surface area (Å²) in [4.78, 5) is 4.65. The van der Waals surface area contributed by atoms with E-state index in [-0.39, 0.29) is 5.88 Å². The van der Waals surface area contributed by atoms with Gasteiger partial charge < -0.3 is 9.94 Å². The lowest BCUT2D eigenvalue weighted by molar-refractivity contribution is 0.142. The maximum absolute atomic E-state index is 8.79. The molecule has 0 saturated heterocycles. The van der Waals surface area contributed by atoms with Crippen LogP contribution in [0.25, 0.3) is 0 Å². The zero-order valence-corrected chi connectivity index (χ0v) is 4.53. The number of aromatic nitrogens is 1. The average molecular weight is 113 g/mol. The highest BCUT2D eigenvalue weighted by atomic mass is 16.7. The maximum atomic E-state index is 8.79. The van der Waals surface area contributed by atoms with E-state index in [0.29, 0.717) is 0 Å². The number of hydrogen-bond acceptors (Lipinski definition) is 2. The molecule has 0 atom stereocenters. The van der Waals surface area contributed by atoms with Gasteiger partial charge in [-0.25, -0.2) is 0 Å². The molecule has 1 aromatic heterocycles. The molecule has 1 N–H and O–H groups in total. The quantitative estimate of drug-likeness (QED) is 0.566. The van der Waals surface area contributed by atoms with E-state index < -0.39 is 0 Å². The third-order valence-corrected chi connectivity index (χ3v) is 0.889. The van der Waals surface area contributed by atoms with E-state index in [4.69, 9.17) is 5.11 Å². The van der Waals surface area contributed by atoms with E-state index in [1.807, 2.05) is 0 Å². The summed E-state index contributed by atoms with van der Waals surface area (Å²) in [6, 6.07) is 3.24. The molecule has 3 heteroatoms. The molecule has 3 nitrogen and oxygen atoms in total. The molecule has 8 heavy (non-hydrogen) atoms. The van der Waals surface area contributed by atoms with Crippen molar-refractivity contribution in [2.24, 2.45) is 0 Å². The Morgan fingerprint density at radius 3 is 2.75 bits per heavy atom. The van der Waals surface area contributed by atoms with Crippen LogP contribution in [0.4, 0.5) is 0 Å². The first kappa shape index (κ1) is 5.03. The summed E-state index contributed by atoms with van der Waals surface area (Å²) in [7, 11) is 1.49. The molecule has 44 valence electrons. The highest BCUT2D eigenvalue weighted by Gasteiger charge is 1.91. The molecule has 1 rings (SSSR count). The van der Waals surface area contributed by atoms with Gasteiger partial charge >= 0.3 is 0 Å². The summed E-state index contributed by atoms with van der Waals surface area (Å²) in [5.41, 5.74) is 0. The summed E-state index contributed by atoms with van der Waals surface area (Å²) < 4.78 is 1.26. The lowest BCUT2D eigenvalue weighted by Crippen LogP contribution is -2.01. The first-order valence-electron chi connectivity index (χ1n) is 2.25. The van der Waals surface area contributed by atoms with Crippen LogP contribution >= 0.6 is 0 Å². The molecular formula is C5H7NO2. The summed E-state index contributed by atoms with van der Waals surface area (Å²) >= 11 is 0. The van der Waals surface area contributed by atoms with Gasteiger partial charge in [0.25, 0.3) is 0 Å². The Hall–Kier alpha value is -1.12. The van der Waals surface area contributed by atoms with E-state index in [2.05, 4.69) is 4.84 Å². The van der Waals surface area contributed by atoms with E-state index in [9.17, 15) is 0 Å². The predicted octanol–water partition coefficient (Wildman–Crippen LogP) is 0.252. The molecule has 0 bridgehead atoms. The molecule has 0 unspecified atom stereocenters. The lowest BCUT2D eigenvalue weighted by atomic mass is 10.7. The van der Waals surface area contributed by atoms with E-state index in [1.54, 1.807) is 18.3 Å². The monoisotopic (exact) mass is 113 g/mol. The van der Waals surface area contributed by atoms with Gasteiger partial charge in [0.15, 0.2) is 0 Å². The normalized spacial score (nSPS) is 9.12. The Morgan fingerprint density at radius 1 is 1.75 bits per heavy atom. The number of rotatable bonds is 1. The fourth-order valence-corrected chi connectivity index (χ4v) is 0.511. The minimum absolute atomic E-state index is 0.118. The summed E-state index contributed by atoms with van der Waals surface area (Å²) in [6.45, 7) is 0. The smallest absolute Gasteiger partial charge is 0.224 e. The van der Waals surface area contributed by atoms with Gasteiger partial charge in [0.2, 0.25) is 5.88 Å². The highest BCUT2D eigenvalue weighted by Crippen LogP contribution is 2.04. The minimum Gasteiger partial charge on any atom is -0.492 e. The van der Waals surface area contributed by atoms with Crippen LogP contribution in [-0.4, -0.2) is 16.9 Å². The molecule has 0 aliphatic heterocycles. The first-order chi connectivity index (χ1) is 3.84. The van der Waals surface area contributed by atoms with Gasteiger partial charge in [0.1, 0.15) is 7.11 Å². The number of aromatic hydroxyl groups is 1. The summed E-state index contributed by atoms with van der Waals surface area (Å²) in [5.74, 6) is 0.118. The maximum Gasteiger partial charge on any atom is 0.224 e. The molecule has 0 aliphatic rings. The second-order valence-electron chi connectivity index (χ2n) is 1.37. The van der Waals surface area contributed by atoms with Crippen molar-refractivity contribution in [1.29, 1.82) is 0 Å². The highest BCUT2D eigenvalue weighted by molar-refractivity contribution is 5.09. The molecule has 0 radical (unpaired) electrons. The Balaban J connectivity index is 2.92. The van der Waals surface area contributed by atoms with Crippen LogP contribution < -0.4 is 4.84 Å². The second kappa shape index (κ2) is 1.78. The molecule has 1 aromatic rings. The van der Waals surface area contributed by atoms with Crippen LogP contribution in [0, 0.1) is 0 Å². The van der Waals surface area contributed by atoms with Crippen LogP contribution in [0.1, 0.15) is 0 Å². The Kier molecular flexibility index (Phi) is 1.12. The van der Waals surface area contributed by atoms with E-state index in [0.717, 1.165) is 0 Å². The van der Waals surface area contributed by atoms with Crippen molar-refractivity contribution in [2.45, 2.75) is 0 Å². The van der Waals surface area contributed by atoms with E-state index in [1.165, 1.54) is 11.8 Å². The van der Waals surface area contributed by atoms with Gasteiger partial charge in [0, 0.05) is 12.3 Å². The summed E-state index contributed by atoms with van der Waals surface area (Å²) in [5, 5.41) is 8.79. The average Bonchev–Trinajstić information content (AvgIpc) is 2.14. The minimum atomic E-state index is 0.118. The van der Waals surface area contributed by atoms with Gasteiger partial charge in [0.05, 0.1) is 0 Å². The number of nitrogens with zero attached hydrogens (tertiary/aromatic N) is 1. The van der Waals surface area contributed by atoms with Crippen molar-refractivity contribution in [3.05, 3.63) is 18.3 Å². The molecule has 0 saturated carbocycles. The van der Waals surface area contributed by atoms with Gasteiger partial charge in [-0.1, -0.05) is 0 Å². The Bertz CT molecular complexity index is 171. The van der Waals surface area contributed by atoms with Crippen molar-refractivity contribution < 1.29 is 9.94 Å². The fourth-order valence-electron chi connectivity index (χ4n) is 0.511. The van der Waals surface area contributed by atoms with Crippen LogP contribution in [0.2, 0.25) is 0 Å². The first-order valence-corrected chi connectivity index (χ1v) is 2.25. The molecule has 0 spiro atoms. The van der Waals surface area contributed by atoms with Crippen molar-refractivity contribution in [2.75, 3.05) is 7.11 Å². The largest absolute Gasteiger partial charge is 0.492 e. The second-order valence-corrected chi connectivity index (χ2v) is 1.37. The standard InChI is InChI=1S/C5H7NO2/c1-8-6-4-2-3-5(6)7/h2-4,7H,1H3. The molecule has 0 amide bonds. The molecule has 0 aromatic carbocycles.